The third kappa shape index (κ3) is 4.38. The van der Waals surface area contributed by atoms with Crippen LogP contribution in [0.2, 0.25) is 0 Å². The number of aromatic nitrogens is 2. The number of halogens is 2. The highest BCUT2D eigenvalue weighted by atomic mass is 19.3. The Balaban J connectivity index is 1.42. The monoisotopic (exact) mass is 654 g/mol. The van der Waals surface area contributed by atoms with E-state index in [1.54, 1.807) is 36.4 Å². The van der Waals surface area contributed by atoms with E-state index in [-0.39, 0.29) is 34.7 Å². The quantitative estimate of drug-likeness (QED) is 0.279. The van der Waals surface area contributed by atoms with Gasteiger partial charge in [0.2, 0.25) is 5.88 Å². The highest BCUT2D eigenvalue weighted by molar-refractivity contribution is 5.79. The van der Waals surface area contributed by atoms with Gasteiger partial charge in [-0.25, -0.2) is 18.7 Å². The number of benzene rings is 3. The Morgan fingerprint density at radius 3 is 2.41 bits per heavy atom. The number of hydrogen-bond acceptors (Lipinski definition) is 8. The summed E-state index contributed by atoms with van der Waals surface area (Å²) in [6.45, 7) is 0. The SMILES string of the molecule is COc1nc(C#N)cc2c1[C@]1(O)[C@H](O)[C@@H](CC3=c4cc5ccccc5nc4=CC(F)(F)C3)[C@H](c3ccccc3)[C@]1(c1ccc(C#N)cc1)O2. The predicted molar refractivity (Wildman–Crippen MR) is 175 cm³/mol. The molecule has 1 aliphatic heterocycles. The molecular weight excluding hydrogens is 626 g/mol. The van der Waals surface area contributed by atoms with Crippen molar-refractivity contribution in [2.45, 2.75) is 42.0 Å². The van der Waals surface area contributed by atoms with Gasteiger partial charge in [0.25, 0.3) is 5.92 Å². The van der Waals surface area contributed by atoms with Crippen LogP contribution in [0.15, 0.2) is 91.0 Å². The lowest BCUT2D eigenvalue weighted by Gasteiger charge is -2.41. The van der Waals surface area contributed by atoms with Crippen molar-refractivity contribution in [1.29, 1.82) is 10.5 Å². The Bertz CT molecular complexity index is 2370. The number of methoxy groups -OCH3 is 1. The topological polar surface area (TPSA) is 132 Å². The third-order valence-electron chi connectivity index (χ3n) is 10.2. The minimum Gasteiger partial charge on any atom is -0.481 e. The number of para-hydroxylation sites is 1. The molecule has 2 aromatic heterocycles. The zero-order valence-corrected chi connectivity index (χ0v) is 26.1. The van der Waals surface area contributed by atoms with E-state index in [0.29, 0.717) is 33.0 Å². The van der Waals surface area contributed by atoms with Gasteiger partial charge >= 0.3 is 0 Å². The number of rotatable bonds is 5. The lowest BCUT2D eigenvalue weighted by Crippen LogP contribution is -2.52. The summed E-state index contributed by atoms with van der Waals surface area (Å²) in [5.74, 6) is -4.94. The minimum atomic E-state index is -3.20. The molecule has 5 aromatic rings. The molecule has 0 saturated heterocycles. The summed E-state index contributed by atoms with van der Waals surface area (Å²) >= 11 is 0. The fourth-order valence-corrected chi connectivity index (χ4v) is 8.28. The zero-order chi connectivity index (χ0) is 34.1. The number of nitrogens with zero attached hydrogens (tertiary/aromatic N) is 4. The molecule has 3 heterocycles. The Morgan fingerprint density at radius 2 is 1.69 bits per heavy atom. The van der Waals surface area contributed by atoms with Crippen LogP contribution in [-0.2, 0) is 11.2 Å². The maximum atomic E-state index is 15.5. The van der Waals surface area contributed by atoms with E-state index in [2.05, 4.69) is 16.0 Å². The fourth-order valence-electron chi connectivity index (χ4n) is 8.28. The van der Waals surface area contributed by atoms with Crippen molar-refractivity contribution in [1.82, 2.24) is 9.97 Å². The molecule has 0 unspecified atom stereocenters. The van der Waals surface area contributed by atoms with Gasteiger partial charge in [-0.2, -0.15) is 10.5 Å². The molecule has 0 amide bonds. The highest BCUT2D eigenvalue weighted by Crippen LogP contribution is 2.70. The number of fused-ring (bicyclic) bond motifs is 5. The lowest BCUT2D eigenvalue weighted by atomic mass is 9.70. The number of ether oxygens (including phenoxy) is 2. The average molecular weight is 655 g/mol. The van der Waals surface area contributed by atoms with Crippen LogP contribution in [0, 0.1) is 28.6 Å². The molecule has 49 heavy (non-hydrogen) atoms. The number of aliphatic hydroxyl groups is 2. The number of pyridine rings is 2. The molecule has 0 spiro atoms. The highest BCUT2D eigenvalue weighted by Gasteiger charge is 2.77. The number of hydrogen-bond donors (Lipinski definition) is 2. The van der Waals surface area contributed by atoms with E-state index in [1.165, 1.54) is 13.2 Å². The van der Waals surface area contributed by atoms with Gasteiger partial charge in [-0.05, 0) is 41.8 Å². The maximum absolute atomic E-state index is 15.5. The number of nitriles is 2. The van der Waals surface area contributed by atoms with Crippen molar-refractivity contribution in [3.63, 3.8) is 0 Å². The smallest absolute Gasteiger partial charge is 0.272 e. The van der Waals surface area contributed by atoms with Crippen LogP contribution in [0.3, 0.4) is 0 Å². The fraction of sp³-hybridized carbons (Fsp3) is 0.231. The Hall–Kier alpha value is -5.68. The van der Waals surface area contributed by atoms with Crippen LogP contribution >= 0.6 is 0 Å². The van der Waals surface area contributed by atoms with Gasteiger partial charge in [-0.3, -0.25) is 0 Å². The summed E-state index contributed by atoms with van der Waals surface area (Å²) < 4.78 is 43.4. The molecule has 1 fully saturated rings. The van der Waals surface area contributed by atoms with Crippen LogP contribution in [-0.4, -0.2) is 39.3 Å². The van der Waals surface area contributed by atoms with Gasteiger partial charge in [0.15, 0.2) is 11.2 Å². The van der Waals surface area contributed by atoms with E-state index in [4.69, 9.17) is 9.47 Å². The van der Waals surface area contributed by atoms with Gasteiger partial charge in [-0.1, -0.05) is 66.2 Å². The summed E-state index contributed by atoms with van der Waals surface area (Å²) in [5, 5.41) is 46.6. The van der Waals surface area contributed by atoms with Gasteiger partial charge < -0.3 is 19.7 Å². The third-order valence-corrected chi connectivity index (χ3v) is 10.2. The van der Waals surface area contributed by atoms with E-state index in [1.807, 2.05) is 54.6 Å². The van der Waals surface area contributed by atoms with Crippen molar-refractivity contribution in [2.24, 2.45) is 5.92 Å². The minimum absolute atomic E-state index is 0.0240. The summed E-state index contributed by atoms with van der Waals surface area (Å²) in [6, 6.07) is 30.3. The molecule has 5 atom stereocenters. The van der Waals surface area contributed by atoms with Crippen molar-refractivity contribution >= 4 is 22.6 Å². The molecule has 3 aliphatic rings. The summed E-state index contributed by atoms with van der Waals surface area (Å²) in [5.41, 5.74) is -1.55. The summed E-state index contributed by atoms with van der Waals surface area (Å²) in [4.78, 5) is 8.87. The normalized spacial score (nSPS) is 26.0. The second-order valence-electron chi connectivity index (χ2n) is 12.8. The first-order chi connectivity index (χ1) is 23.6. The Labute approximate surface area is 279 Å². The summed E-state index contributed by atoms with van der Waals surface area (Å²) in [6.07, 6.45) is -1.35. The van der Waals surface area contributed by atoms with Gasteiger partial charge in [0.05, 0.1) is 41.3 Å². The molecule has 2 N–H and O–H groups in total. The predicted octanol–water partition coefficient (Wildman–Crippen LogP) is 4.69. The molecule has 3 aromatic carbocycles. The molecular formula is C39H28F2N4O4. The first-order valence-corrected chi connectivity index (χ1v) is 15.8. The zero-order valence-electron chi connectivity index (χ0n) is 26.1. The number of aliphatic hydroxyl groups excluding tert-OH is 1. The van der Waals surface area contributed by atoms with E-state index in [0.717, 1.165) is 11.5 Å². The van der Waals surface area contributed by atoms with Crippen LogP contribution in [0.1, 0.15) is 46.7 Å². The molecule has 1 saturated carbocycles. The first-order valence-electron chi connectivity index (χ1n) is 15.8. The van der Waals surface area contributed by atoms with Gasteiger partial charge in [-0.15, -0.1) is 0 Å². The maximum Gasteiger partial charge on any atom is 0.272 e. The van der Waals surface area contributed by atoms with Crippen LogP contribution in [0.4, 0.5) is 8.78 Å². The van der Waals surface area contributed by atoms with Crippen LogP contribution in [0.25, 0.3) is 22.6 Å². The molecule has 8 nitrogen and oxygen atoms in total. The second-order valence-corrected chi connectivity index (χ2v) is 12.8. The molecule has 10 heteroatoms. The second kappa shape index (κ2) is 10.9. The largest absolute Gasteiger partial charge is 0.481 e. The van der Waals surface area contributed by atoms with Crippen molar-refractivity contribution in [3.05, 3.63) is 130 Å². The lowest BCUT2D eigenvalue weighted by molar-refractivity contribution is -0.152. The first kappa shape index (κ1) is 30.6. The van der Waals surface area contributed by atoms with E-state index in [9.17, 15) is 20.7 Å². The van der Waals surface area contributed by atoms with Crippen molar-refractivity contribution < 1.29 is 28.5 Å². The van der Waals surface area contributed by atoms with Gasteiger partial charge in [0, 0.05) is 41.0 Å². The Kier molecular flexibility index (Phi) is 6.83. The van der Waals surface area contributed by atoms with E-state index < -0.39 is 41.5 Å². The Morgan fingerprint density at radius 1 is 0.959 bits per heavy atom. The molecule has 242 valence electrons. The molecule has 8 rings (SSSR count). The van der Waals surface area contributed by atoms with Gasteiger partial charge in [0.1, 0.15) is 17.5 Å². The molecule has 0 bridgehead atoms. The van der Waals surface area contributed by atoms with Crippen LogP contribution in [0.5, 0.6) is 11.6 Å². The van der Waals surface area contributed by atoms with Crippen LogP contribution < -0.4 is 20.0 Å². The molecule has 2 aliphatic carbocycles. The van der Waals surface area contributed by atoms with E-state index >= 15 is 8.78 Å². The van der Waals surface area contributed by atoms with Crippen molar-refractivity contribution in [2.75, 3.05) is 7.11 Å². The molecule has 0 radical (unpaired) electrons. The number of alkyl halides is 2. The average Bonchev–Trinajstić information content (AvgIpc) is 3.48. The van der Waals surface area contributed by atoms with Crippen molar-refractivity contribution in [3.8, 4) is 23.8 Å². The summed E-state index contributed by atoms with van der Waals surface area (Å²) in [7, 11) is 1.34. The standard InChI is InChI=1S/C39H28F2N4O4/c1-48-36-34-32(17-27(21-43)44-36)49-39(26-13-11-22(20-42)12-14-26)33(23-7-3-2-4-8-23)29(35(46)38(34,39)47)16-25-18-37(40,41)19-31-28(25)15-24-9-5-6-10-30(24)45-31/h2-15,17,19,29,33,35,46-47H,16,18H2,1H3/t29-,33-,35+,38-,39-/m0/s1.